The van der Waals surface area contributed by atoms with Crippen molar-refractivity contribution in [3.8, 4) is 0 Å². The maximum Gasteiger partial charge on any atom is 0.106 e. The molecule has 2 aliphatic heterocycles. The second-order valence-electron chi connectivity index (χ2n) is 4.42. The first-order chi connectivity index (χ1) is 8.51. The number of hydrogen-bond acceptors (Lipinski definition) is 6. The van der Waals surface area contributed by atoms with E-state index < -0.39 is 24.4 Å². The highest BCUT2D eigenvalue weighted by atomic mass is 16.5. The van der Waals surface area contributed by atoms with Gasteiger partial charge in [0.15, 0.2) is 0 Å². The molecule has 2 aliphatic rings. The van der Waals surface area contributed by atoms with Gasteiger partial charge in [0.25, 0.3) is 0 Å². The summed E-state index contributed by atoms with van der Waals surface area (Å²) in [6.07, 6.45) is -2.34. The van der Waals surface area contributed by atoms with Crippen LogP contribution in [0.1, 0.15) is 0 Å². The number of rotatable bonds is 2. The van der Waals surface area contributed by atoms with Gasteiger partial charge in [-0.15, -0.1) is 0 Å². The van der Waals surface area contributed by atoms with Crippen molar-refractivity contribution in [2.75, 3.05) is 26.4 Å². The molecule has 0 aromatic rings. The third-order valence-corrected chi connectivity index (χ3v) is 3.00. The second kappa shape index (κ2) is 7.47. The Kier molecular flexibility index (Phi) is 6.62. The molecule has 0 aromatic heterocycles. The zero-order chi connectivity index (χ0) is 13.7. The van der Waals surface area contributed by atoms with Crippen molar-refractivity contribution in [3.63, 3.8) is 0 Å². The predicted octanol–water partition coefficient (Wildman–Crippen LogP) is -2.61. The standard InChI is InChI=1S/2C5H9BO3/c2*6-3-2-9-4(1-7)5(3)8/h2*3-5,7-8H,1-2H2/t2*3-,4+,5?/m10/s1. The van der Waals surface area contributed by atoms with Crippen LogP contribution in [0.2, 0.25) is 11.6 Å². The monoisotopic (exact) mass is 256 g/mol. The molecule has 8 heteroatoms. The number of aliphatic hydroxyl groups is 4. The SMILES string of the molecule is [B][C@@H]1CO[C@@H](CO)C1O.[B][C@H]1CO[C@H](CO)C1O. The first-order valence-electron chi connectivity index (χ1n) is 5.83. The summed E-state index contributed by atoms with van der Waals surface area (Å²) in [7, 11) is 10.7. The van der Waals surface area contributed by atoms with Crippen LogP contribution in [0.25, 0.3) is 0 Å². The summed E-state index contributed by atoms with van der Waals surface area (Å²) in [5.41, 5.74) is 0. The van der Waals surface area contributed by atoms with Crippen molar-refractivity contribution in [2.45, 2.75) is 36.1 Å². The fourth-order valence-electron chi connectivity index (χ4n) is 1.74. The quantitative estimate of drug-likeness (QED) is 0.404. The summed E-state index contributed by atoms with van der Waals surface area (Å²) in [5, 5.41) is 35.1. The molecule has 2 rings (SSSR count). The molecule has 4 radical (unpaired) electrons. The van der Waals surface area contributed by atoms with Crippen LogP contribution in [0, 0.1) is 0 Å². The van der Waals surface area contributed by atoms with E-state index in [2.05, 4.69) is 0 Å². The Labute approximate surface area is 109 Å². The van der Waals surface area contributed by atoms with Gasteiger partial charge in [-0.25, -0.2) is 0 Å². The van der Waals surface area contributed by atoms with Gasteiger partial charge in [-0.2, -0.15) is 0 Å². The van der Waals surface area contributed by atoms with E-state index in [-0.39, 0.29) is 24.8 Å². The summed E-state index contributed by atoms with van der Waals surface area (Å²) >= 11 is 0. The molecule has 2 fully saturated rings. The number of hydrogen-bond donors (Lipinski definition) is 4. The van der Waals surface area contributed by atoms with Crippen LogP contribution < -0.4 is 0 Å². The molecule has 4 N–H and O–H groups in total. The minimum absolute atomic E-state index is 0.158. The Morgan fingerprint density at radius 3 is 1.28 bits per heavy atom. The van der Waals surface area contributed by atoms with Crippen molar-refractivity contribution >= 4 is 15.7 Å². The predicted molar refractivity (Wildman–Crippen MR) is 64.7 cm³/mol. The Balaban J connectivity index is 0.000000180. The fourth-order valence-corrected chi connectivity index (χ4v) is 1.74. The van der Waals surface area contributed by atoms with Crippen LogP contribution in [0.5, 0.6) is 0 Å². The maximum absolute atomic E-state index is 9.05. The van der Waals surface area contributed by atoms with Crippen LogP contribution in [-0.4, -0.2) is 87.0 Å². The molecule has 2 saturated heterocycles. The lowest BCUT2D eigenvalue weighted by atomic mass is 9.83. The van der Waals surface area contributed by atoms with Crippen molar-refractivity contribution in [2.24, 2.45) is 0 Å². The van der Waals surface area contributed by atoms with E-state index in [0.717, 1.165) is 0 Å². The molecule has 2 unspecified atom stereocenters. The first-order valence-corrected chi connectivity index (χ1v) is 5.83. The molecule has 100 valence electrons. The average molecular weight is 256 g/mol. The molecule has 0 spiro atoms. The highest BCUT2D eigenvalue weighted by Crippen LogP contribution is 2.22. The highest BCUT2D eigenvalue weighted by Gasteiger charge is 2.32. The third-order valence-electron chi connectivity index (χ3n) is 3.00. The molecule has 0 aliphatic carbocycles. The normalized spacial score (nSPS) is 43.6. The fraction of sp³-hybridized carbons (Fsp3) is 1.00. The summed E-state index contributed by atoms with van der Waals surface area (Å²) in [6, 6.07) is 0. The molecule has 0 saturated carbocycles. The summed E-state index contributed by atoms with van der Waals surface area (Å²) in [6.45, 7) is 0.364. The van der Waals surface area contributed by atoms with Crippen molar-refractivity contribution in [3.05, 3.63) is 0 Å². The lowest BCUT2D eigenvalue weighted by molar-refractivity contribution is 0.00405. The van der Waals surface area contributed by atoms with E-state index in [1.165, 1.54) is 0 Å². The van der Waals surface area contributed by atoms with Crippen LogP contribution in [0.15, 0.2) is 0 Å². The van der Waals surface area contributed by atoms with Crippen molar-refractivity contribution < 1.29 is 29.9 Å². The van der Waals surface area contributed by atoms with E-state index in [1.807, 2.05) is 0 Å². The van der Waals surface area contributed by atoms with Crippen LogP contribution >= 0.6 is 0 Å². The van der Waals surface area contributed by atoms with Gasteiger partial charge in [0.05, 0.1) is 41.1 Å². The molecule has 0 bridgehead atoms. The summed E-state index contributed by atoms with van der Waals surface area (Å²) in [4.78, 5) is 0. The van der Waals surface area contributed by atoms with E-state index in [4.69, 9.17) is 45.6 Å². The second-order valence-corrected chi connectivity index (χ2v) is 4.42. The van der Waals surface area contributed by atoms with Crippen molar-refractivity contribution in [1.82, 2.24) is 0 Å². The third kappa shape index (κ3) is 3.94. The lowest BCUT2D eigenvalue weighted by Gasteiger charge is -2.11. The largest absolute Gasteiger partial charge is 0.394 e. The average Bonchev–Trinajstić information content (AvgIpc) is 2.86. The minimum atomic E-state index is -0.699. The summed E-state index contributed by atoms with van der Waals surface area (Å²) in [5.74, 6) is -0.663. The van der Waals surface area contributed by atoms with Gasteiger partial charge >= 0.3 is 0 Å². The zero-order valence-corrected chi connectivity index (χ0v) is 10.1. The first kappa shape index (κ1) is 15.9. The van der Waals surface area contributed by atoms with Gasteiger partial charge in [0.1, 0.15) is 12.2 Å². The van der Waals surface area contributed by atoms with Crippen LogP contribution in [0.4, 0.5) is 0 Å². The molecule has 0 aromatic carbocycles. The Morgan fingerprint density at radius 2 is 1.17 bits per heavy atom. The molecule has 0 amide bonds. The number of aliphatic hydroxyl groups excluding tert-OH is 4. The smallest absolute Gasteiger partial charge is 0.106 e. The minimum Gasteiger partial charge on any atom is -0.394 e. The molecule has 18 heavy (non-hydrogen) atoms. The lowest BCUT2D eigenvalue weighted by Crippen LogP contribution is -2.26. The number of ether oxygens (including phenoxy) is 2. The van der Waals surface area contributed by atoms with E-state index >= 15 is 0 Å². The van der Waals surface area contributed by atoms with Crippen LogP contribution in [0.3, 0.4) is 0 Å². The van der Waals surface area contributed by atoms with Crippen molar-refractivity contribution in [1.29, 1.82) is 0 Å². The van der Waals surface area contributed by atoms with E-state index in [1.54, 1.807) is 0 Å². The van der Waals surface area contributed by atoms with Gasteiger partial charge in [0, 0.05) is 13.2 Å². The van der Waals surface area contributed by atoms with Gasteiger partial charge < -0.3 is 29.9 Å². The molecule has 6 atom stereocenters. The van der Waals surface area contributed by atoms with Gasteiger partial charge in [0.2, 0.25) is 0 Å². The Hall–Kier alpha value is -0.110. The molecule has 2 heterocycles. The summed E-state index contributed by atoms with van der Waals surface area (Å²) < 4.78 is 9.80. The van der Waals surface area contributed by atoms with Gasteiger partial charge in [-0.1, -0.05) is 0 Å². The van der Waals surface area contributed by atoms with E-state index in [0.29, 0.717) is 13.2 Å². The highest BCUT2D eigenvalue weighted by molar-refractivity contribution is 6.12. The van der Waals surface area contributed by atoms with Gasteiger partial charge in [-0.3, -0.25) is 0 Å². The Morgan fingerprint density at radius 1 is 0.833 bits per heavy atom. The Bertz CT molecular complexity index is 220. The molecular formula is C10H18B2O6. The maximum atomic E-state index is 9.05. The molecular weight excluding hydrogens is 238 g/mol. The zero-order valence-electron chi connectivity index (χ0n) is 10.1. The topological polar surface area (TPSA) is 99.4 Å². The van der Waals surface area contributed by atoms with Crippen LogP contribution in [-0.2, 0) is 9.47 Å². The molecule has 6 nitrogen and oxygen atoms in total. The van der Waals surface area contributed by atoms with E-state index in [9.17, 15) is 0 Å². The van der Waals surface area contributed by atoms with Gasteiger partial charge in [-0.05, 0) is 11.6 Å².